The van der Waals surface area contributed by atoms with Crippen LogP contribution in [0, 0.1) is 0 Å². The van der Waals surface area contributed by atoms with Gasteiger partial charge in [0, 0.05) is 36.8 Å². The average molecular weight is 632 g/mol. The quantitative estimate of drug-likeness (QED) is 0.242. The van der Waals surface area contributed by atoms with E-state index in [1.165, 1.54) is 6.07 Å². The zero-order chi connectivity index (χ0) is 27.2. The van der Waals surface area contributed by atoms with Gasteiger partial charge in [-0.3, -0.25) is 0 Å². The Bertz CT molecular complexity index is 1380. The molecule has 0 radical (unpaired) electrons. The van der Waals surface area contributed by atoms with Gasteiger partial charge in [0.2, 0.25) is 0 Å². The van der Waals surface area contributed by atoms with Crippen molar-refractivity contribution in [2.45, 2.75) is 59.0 Å². The van der Waals surface area contributed by atoms with Crippen molar-refractivity contribution in [3.63, 3.8) is 0 Å². The monoisotopic (exact) mass is 630 g/mol. The lowest BCUT2D eigenvalue weighted by atomic mass is 9.74. The summed E-state index contributed by atoms with van der Waals surface area (Å²) in [6.45, 7) is 7.68. The highest BCUT2D eigenvalue weighted by atomic mass is 79.9. The highest BCUT2D eigenvalue weighted by Gasteiger charge is 2.54. The first kappa shape index (κ1) is 27.2. The first-order valence-electron chi connectivity index (χ1n) is 12.3. The van der Waals surface area contributed by atoms with Crippen LogP contribution in [0.3, 0.4) is 0 Å². The number of carbonyl (C=O) groups excluding carboxylic acids is 1. The number of phenols is 2. The largest absolute Gasteiger partial charge is 0.507 e. The third kappa shape index (κ3) is 3.96. The normalized spacial score (nSPS) is 13.9. The highest BCUT2D eigenvalue weighted by molar-refractivity contribution is 9.10. The molecule has 0 amide bonds. The summed E-state index contributed by atoms with van der Waals surface area (Å²) in [6, 6.07) is 8.24. The number of carboxylic acid groups (broad SMARTS) is 1. The second-order valence-corrected chi connectivity index (χ2v) is 10.7. The Morgan fingerprint density at radius 3 is 1.76 bits per heavy atom. The van der Waals surface area contributed by atoms with E-state index in [2.05, 4.69) is 31.9 Å². The number of hydrogen-bond donors (Lipinski definition) is 3. The van der Waals surface area contributed by atoms with Crippen LogP contribution in [0.1, 0.15) is 87.4 Å². The number of aromatic hydroxyl groups is 2. The van der Waals surface area contributed by atoms with Crippen LogP contribution >= 0.6 is 31.9 Å². The van der Waals surface area contributed by atoms with Crippen molar-refractivity contribution < 1.29 is 29.6 Å². The standard InChI is InChI=1S/C29H28Br2O6/c1-5-14-12-20(30)23(16(7-3)25(14)32)29(24-17(8-4)26(33)15(6-2)13-21(24)31)19-11-9-10-18(27(34)35)22(19)28(36)37-29/h9-13,32-33H,5-8H2,1-4H3,(H,34,35). The van der Waals surface area contributed by atoms with Crippen molar-refractivity contribution >= 4 is 43.8 Å². The number of carboxylic acids is 1. The zero-order valence-electron chi connectivity index (χ0n) is 21.0. The fraction of sp³-hybridized carbons (Fsp3) is 0.310. The number of benzene rings is 3. The molecule has 0 fully saturated rings. The van der Waals surface area contributed by atoms with Gasteiger partial charge in [0.15, 0.2) is 5.60 Å². The molecular weight excluding hydrogens is 604 g/mol. The number of halogens is 2. The van der Waals surface area contributed by atoms with Crippen LogP contribution in [0.4, 0.5) is 0 Å². The maximum atomic E-state index is 13.5. The van der Waals surface area contributed by atoms with Gasteiger partial charge in [0.05, 0.1) is 11.1 Å². The second-order valence-electron chi connectivity index (χ2n) is 8.96. The van der Waals surface area contributed by atoms with Crippen molar-refractivity contribution in [3.8, 4) is 11.5 Å². The van der Waals surface area contributed by atoms with E-state index in [1.807, 2.05) is 27.7 Å². The van der Waals surface area contributed by atoms with Crippen LogP contribution < -0.4 is 0 Å². The highest BCUT2D eigenvalue weighted by Crippen LogP contribution is 2.56. The smallest absolute Gasteiger partial charge is 0.341 e. The Labute approximate surface area is 232 Å². The minimum absolute atomic E-state index is 0.0454. The van der Waals surface area contributed by atoms with Crippen LogP contribution in [0.2, 0.25) is 0 Å². The summed E-state index contributed by atoms with van der Waals surface area (Å²) < 4.78 is 7.51. The van der Waals surface area contributed by atoms with E-state index in [-0.39, 0.29) is 22.6 Å². The van der Waals surface area contributed by atoms with Crippen LogP contribution in [-0.2, 0) is 36.0 Å². The molecule has 1 aliphatic rings. The van der Waals surface area contributed by atoms with E-state index >= 15 is 0 Å². The average Bonchev–Trinajstić information content (AvgIpc) is 3.17. The number of fused-ring (bicyclic) bond motifs is 1. The van der Waals surface area contributed by atoms with Gasteiger partial charge in [0.25, 0.3) is 0 Å². The van der Waals surface area contributed by atoms with Gasteiger partial charge in [-0.15, -0.1) is 0 Å². The fourth-order valence-electron chi connectivity index (χ4n) is 5.47. The Balaban J connectivity index is 2.30. The summed E-state index contributed by atoms with van der Waals surface area (Å²) in [6.07, 6.45) is 2.00. The van der Waals surface area contributed by atoms with Crippen LogP contribution in [0.25, 0.3) is 0 Å². The number of carbonyl (C=O) groups is 2. The van der Waals surface area contributed by atoms with Gasteiger partial charge >= 0.3 is 11.9 Å². The lowest BCUT2D eigenvalue weighted by molar-refractivity contribution is 0.0238. The SMILES string of the molecule is CCc1cc(Br)c(C2(c3c(Br)cc(CC)c(O)c3CC)OC(=O)c3c(C(=O)O)cccc32)c(CC)c1O. The fourth-order valence-corrected chi connectivity index (χ4v) is 7.06. The molecule has 3 aromatic carbocycles. The molecule has 3 aromatic rings. The molecule has 37 heavy (non-hydrogen) atoms. The minimum Gasteiger partial charge on any atom is -0.507 e. The van der Waals surface area contributed by atoms with Crippen LogP contribution in [0.15, 0.2) is 39.3 Å². The number of phenolic OH excluding ortho intramolecular Hbond substituents is 2. The maximum Gasteiger partial charge on any atom is 0.341 e. The molecular formula is C29H28Br2O6. The first-order chi connectivity index (χ1) is 17.6. The minimum atomic E-state index is -1.64. The van der Waals surface area contributed by atoms with Crippen molar-refractivity contribution in [2.24, 2.45) is 0 Å². The molecule has 0 aliphatic carbocycles. The molecule has 4 rings (SSSR count). The summed E-state index contributed by atoms with van der Waals surface area (Å²) >= 11 is 7.39. The zero-order valence-corrected chi connectivity index (χ0v) is 24.2. The molecule has 194 valence electrons. The van der Waals surface area contributed by atoms with Crippen molar-refractivity contribution in [3.05, 3.63) is 89.3 Å². The molecule has 0 spiro atoms. The van der Waals surface area contributed by atoms with E-state index in [1.54, 1.807) is 24.3 Å². The number of cyclic esters (lactones) is 1. The Morgan fingerprint density at radius 1 is 0.865 bits per heavy atom. The molecule has 0 saturated heterocycles. The van der Waals surface area contributed by atoms with Crippen LogP contribution in [-0.4, -0.2) is 27.3 Å². The summed E-state index contributed by atoms with van der Waals surface area (Å²) in [5, 5.41) is 32.5. The first-order valence-corrected chi connectivity index (χ1v) is 13.8. The lowest BCUT2D eigenvalue weighted by Gasteiger charge is -2.36. The molecule has 0 saturated carbocycles. The van der Waals surface area contributed by atoms with E-state index in [0.29, 0.717) is 62.4 Å². The second kappa shape index (κ2) is 10.1. The van der Waals surface area contributed by atoms with Gasteiger partial charge in [-0.25, -0.2) is 9.59 Å². The Morgan fingerprint density at radius 2 is 1.35 bits per heavy atom. The number of esters is 1. The van der Waals surface area contributed by atoms with E-state index in [9.17, 15) is 24.9 Å². The molecule has 6 nitrogen and oxygen atoms in total. The van der Waals surface area contributed by atoms with E-state index < -0.39 is 17.5 Å². The number of hydrogen-bond acceptors (Lipinski definition) is 5. The maximum absolute atomic E-state index is 13.5. The molecule has 0 unspecified atom stereocenters. The van der Waals surface area contributed by atoms with Gasteiger partial charge < -0.3 is 20.1 Å². The number of aryl methyl sites for hydroxylation is 2. The number of aromatic carboxylic acids is 1. The third-order valence-electron chi connectivity index (χ3n) is 7.16. The molecule has 0 aromatic heterocycles. The van der Waals surface area contributed by atoms with Crippen molar-refractivity contribution in [1.82, 2.24) is 0 Å². The summed E-state index contributed by atoms with van der Waals surface area (Å²) in [7, 11) is 0. The molecule has 0 bridgehead atoms. The Kier molecular flexibility index (Phi) is 7.45. The lowest BCUT2D eigenvalue weighted by Crippen LogP contribution is -2.33. The summed E-state index contributed by atoms with van der Waals surface area (Å²) in [5.41, 5.74) is 2.08. The summed E-state index contributed by atoms with van der Waals surface area (Å²) in [4.78, 5) is 25.7. The third-order valence-corrected chi connectivity index (χ3v) is 8.41. The summed E-state index contributed by atoms with van der Waals surface area (Å²) in [5.74, 6) is -1.83. The Hall–Kier alpha value is -2.84. The number of rotatable bonds is 7. The van der Waals surface area contributed by atoms with Gasteiger partial charge in [-0.05, 0) is 55.0 Å². The van der Waals surface area contributed by atoms with Crippen molar-refractivity contribution in [1.29, 1.82) is 0 Å². The molecule has 3 N–H and O–H groups in total. The van der Waals surface area contributed by atoms with E-state index in [0.717, 1.165) is 11.1 Å². The van der Waals surface area contributed by atoms with Gasteiger partial charge in [0.1, 0.15) is 11.5 Å². The molecule has 0 atom stereocenters. The number of ether oxygens (including phenoxy) is 1. The predicted molar refractivity (Wildman–Crippen MR) is 148 cm³/mol. The van der Waals surface area contributed by atoms with Gasteiger partial charge in [-0.2, -0.15) is 0 Å². The predicted octanol–water partition coefficient (Wildman–Crippen LogP) is 7.03. The van der Waals surface area contributed by atoms with E-state index in [4.69, 9.17) is 4.74 Å². The molecule has 1 aliphatic heterocycles. The molecule has 8 heteroatoms. The van der Waals surface area contributed by atoms with Crippen molar-refractivity contribution in [2.75, 3.05) is 0 Å². The van der Waals surface area contributed by atoms with Gasteiger partial charge in [-0.1, -0.05) is 71.7 Å². The van der Waals surface area contributed by atoms with Crippen LogP contribution in [0.5, 0.6) is 11.5 Å². The molecule has 1 heterocycles. The topological polar surface area (TPSA) is 104 Å².